The van der Waals surface area contributed by atoms with Crippen LogP contribution in [0.4, 0.5) is 0 Å². The smallest absolute Gasteiger partial charge is 0.172 e. The highest BCUT2D eigenvalue weighted by atomic mass is 32.2. The van der Waals surface area contributed by atoms with Crippen molar-refractivity contribution in [3.63, 3.8) is 0 Å². The van der Waals surface area contributed by atoms with Crippen LogP contribution in [0.2, 0.25) is 0 Å². The molecule has 1 aromatic heterocycles. The third-order valence-corrected chi connectivity index (χ3v) is 4.43. The van der Waals surface area contributed by atoms with E-state index in [4.69, 9.17) is 10.00 Å². The van der Waals surface area contributed by atoms with Gasteiger partial charge in [0.25, 0.3) is 0 Å². The highest BCUT2D eigenvalue weighted by molar-refractivity contribution is 7.98. The molecule has 3 aromatic rings. The van der Waals surface area contributed by atoms with Gasteiger partial charge in [-0.25, -0.2) is 4.98 Å². The minimum Gasteiger partial charge on any atom is -0.497 e. The number of nitrogens with zero attached hydrogens (tertiary/aromatic N) is 3. The Balaban J connectivity index is 1.76. The van der Waals surface area contributed by atoms with Crippen LogP contribution in [0.5, 0.6) is 5.75 Å². The van der Waals surface area contributed by atoms with Crippen molar-refractivity contribution in [1.82, 2.24) is 9.55 Å². The van der Waals surface area contributed by atoms with Gasteiger partial charge in [0.15, 0.2) is 5.16 Å². The van der Waals surface area contributed by atoms with Gasteiger partial charge in [-0.3, -0.25) is 4.57 Å². The van der Waals surface area contributed by atoms with Gasteiger partial charge in [0.1, 0.15) is 5.75 Å². The Morgan fingerprint density at radius 1 is 1.22 bits per heavy atom. The van der Waals surface area contributed by atoms with E-state index < -0.39 is 0 Å². The van der Waals surface area contributed by atoms with Crippen molar-refractivity contribution in [3.05, 3.63) is 72.1 Å². The lowest BCUT2D eigenvalue weighted by Crippen LogP contribution is -1.96. The van der Waals surface area contributed by atoms with Gasteiger partial charge in [-0.2, -0.15) is 5.26 Å². The fraction of sp³-hybridized carbons (Fsp3) is 0.111. The lowest BCUT2D eigenvalue weighted by Gasteiger charge is -2.09. The van der Waals surface area contributed by atoms with E-state index in [0.717, 1.165) is 27.9 Å². The highest BCUT2D eigenvalue weighted by Gasteiger charge is 2.07. The molecule has 0 bridgehead atoms. The lowest BCUT2D eigenvalue weighted by molar-refractivity contribution is 0.414. The van der Waals surface area contributed by atoms with E-state index in [1.807, 2.05) is 59.3 Å². The van der Waals surface area contributed by atoms with Crippen LogP contribution < -0.4 is 4.74 Å². The fourth-order valence-electron chi connectivity index (χ4n) is 2.18. The number of aromatic nitrogens is 2. The van der Waals surface area contributed by atoms with Crippen LogP contribution in [0.15, 0.2) is 66.1 Å². The molecule has 0 saturated carbocycles. The maximum absolute atomic E-state index is 8.84. The molecule has 0 atom stereocenters. The zero-order valence-corrected chi connectivity index (χ0v) is 13.5. The molecule has 23 heavy (non-hydrogen) atoms. The van der Waals surface area contributed by atoms with Gasteiger partial charge in [0, 0.05) is 24.2 Å². The van der Waals surface area contributed by atoms with Crippen molar-refractivity contribution in [2.24, 2.45) is 0 Å². The summed E-state index contributed by atoms with van der Waals surface area (Å²) >= 11 is 1.66. The minimum atomic E-state index is 0.677. The molecule has 0 amide bonds. The average molecular weight is 321 g/mol. The van der Waals surface area contributed by atoms with E-state index >= 15 is 0 Å². The fourth-order valence-corrected chi connectivity index (χ4v) is 3.11. The van der Waals surface area contributed by atoms with Gasteiger partial charge in [0.2, 0.25) is 0 Å². The van der Waals surface area contributed by atoms with E-state index in [0.29, 0.717) is 5.56 Å². The van der Waals surface area contributed by atoms with Crippen molar-refractivity contribution >= 4 is 11.8 Å². The summed E-state index contributed by atoms with van der Waals surface area (Å²) in [5.41, 5.74) is 2.86. The van der Waals surface area contributed by atoms with Gasteiger partial charge in [-0.05, 0) is 29.8 Å². The molecule has 1 heterocycles. The summed E-state index contributed by atoms with van der Waals surface area (Å²) in [6.45, 7) is 0. The quantitative estimate of drug-likeness (QED) is 0.665. The second-order valence-electron chi connectivity index (χ2n) is 4.88. The maximum atomic E-state index is 8.84. The highest BCUT2D eigenvalue weighted by Crippen LogP contribution is 2.25. The summed E-state index contributed by atoms with van der Waals surface area (Å²) in [6, 6.07) is 17.6. The Kier molecular flexibility index (Phi) is 4.65. The number of nitriles is 1. The van der Waals surface area contributed by atoms with Crippen molar-refractivity contribution in [1.29, 1.82) is 5.26 Å². The summed E-state index contributed by atoms with van der Waals surface area (Å²) in [6.07, 6.45) is 3.73. The third-order valence-electron chi connectivity index (χ3n) is 3.39. The minimum absolute atomic E-state index is 0.677. The summed E-state index contributed by atoms with van der Waals surface area (Å²) < 4.78 is 7.32. The van der Waals surface area contributed by atoms with E-state index in [1.54, 1.807) is 25.1 Å². The lowest BCUT2D eigenvalue weighted by atomic mass is 10.2. The molecule has 0 radical (unpaired) electrons. The monoisotopic (exact) mass is 321 g/mol. The zero-order chi connectivity index (χ0) is 16.1. The molecule has 0 unspecified atom stereocenters. The summed E-state index contributed by atoms with van der Waals surface area (Å²) in [7, 11) is 1.66. The molecule has 114 valence electrons. The van der Waals surface area contributed by atoms with Crippen LogP contribution in [-0.4, -0.2) is 16.7 Å². The van der Waals surface area contributed by atoms with Crippen LogP contribution in [0.3, 0.4) is 0 Å². The number of rotatable bonds is 5. The maximum Gasteiger partial charge on any atom is 0.172 e. The number of hydrogen-bond acceptors (Lipinski definition) is 4. The first-order valence-electron chi connectivity index (χ1n) is 7.10. The number of imidazole rings is 1. The topological polar surface area (TPSA) is 50.8 Å². The molecule has 0 aliphatic heterocycles. The molecule has 0 N–H and O–H groups in total. The number of benzene rings is 2. The number of ether oxygens (including phenoxy) is 1. The second kappa shape index (κ2) is 7.03. The molecule has 3 rings (SSSR count). The third kappa shape index (κ3) is 3.55. The summed E-state index contributed by atoms with van der Waals surface area (Å²) in [5.74, 6) is 1.62. The van der Waals surface area contributed by atoms with Gasteiger partial charge in [-0.15, -0.1) is 0 Å². The number of methoxy groups -OCH3 is 1. The molecular weight excluding hydrogens is 306 g/mol. The molecule has 0 spiro atoms. The van der Waals surface area contributed by atoms with Crippen molar-refractivity contribution in [3.8, 4) is 17.5 Å². The molecule has 4 nitrogen and oxygen atoms in total. The van der Waals surface area contributed by atoms with Crippen LogP contribution in [0.25, 0.3) is 5.69 Å². The molecule has 5 heteroatoms. The molecule has 0 aliphatic carbocycles. The Hall–Kier alpha value is -2.71. The van der Waals surface area contributed by atoms with Gasteiger partial charge in [0.05, 0.1) is 24.4 Å². The first-order valence-corrected chi connectivity index (χ1v) is 8.08. The number of hydrogen-bond donors (Lipinski definition) is 0. The largest absolute Gasteiger partial charge is 0.497 e. The molecule has 0 aliphatic rings. The number of thioether (sulfide) groups is 1. The van der Waals surface area contributed by atoms with Gasteiger partial charge < -0.3 is 4.74 Å². The van der Waals surface area contributed by atoms with E-state index in [9.17, 15) is 0 Å². The first-order chi connectivity index (χ1) is 11.3. The van der Waals surface area contributed by atoms with Crippen LogP contribution in [-0.2, 0) is 5.75 Å². The zero-order valence-electron chi connectivity index (χ0n) is 12.6. The second-order valence-corrected chi connectivity index (χ2v) is 5.82. The molecule has 0 fully saturated rings. The molecular formula is C18H15N3OS. The Bertz CT molecular complexity index is 834. The predicted molar refractivity (Wildman–Crippen MR) is 90.8 cm³/mol. The van der Waals surface area contributed by atoms with Gasteiger partial charge >= 0.3 is 0 Å². The Morgan fingerprint density at radius 3 is 2.78 bits per heavy atom. The van der Waals surface area contributed by atoms with Crippen LogP contribution in [0.1, 0.15) is 11.1 Å². The van der Waals surface area contributed by atoms with Crippen molar-refractivity contribution in [2.45, 2.75) is 10.9 Å². The molecule has 2 aromatic carbocycles. The Labute approximate surface area is 139 Å². The summed E-state index contributed by atoms with van der Waals surface area (Å²) in [4.78, 5) is 4.43. The van der Waals surface area contributed by atoms with Crippen LogP contribution in [0, 0.1) is 11.3 Å². The Morgan fingerprint density at radius 2 is 2.04 bits per heavy atom. The van der Waals surface area contributed by atoms with Crippen LogP contribution >= 0.6 is 11.8 Å². The van der Waals surface area contributed by atoms with Gasteiger partial charge in [-0.1, -0.05) is 30.0 Å². The standard InChI is InChI=1S/C18H15N3OS/c1-22-17-4-2-3-16(11-17)21-10-9-20-18(21)23-13-15-7-5-14(12-19)6-8-15/h2-11H,13H2,1H3. The average Bonchev–Trinajstić information content (AvgIpc) is 3.09. The van der Waals surface area contributed by atoms with Crippen molar-refractivity contribution < 1.29 is 4.74 Å². The molecule has 0 saturated heterocycles. The van der Waals surface area contributed by atoms with E-state index in [-0.39, 0.29) is 0 Å². The predicted octanol–water partition coefficient (Wildman–Crippen LogP) is 4.04. The normalized spacial score (nSPS) is 10.3. The SMILES string of the molecule is COc1cccc(-n2ccnc2SCc2ccc(C#N)cc2)c1. The van der Waals surface area contributed by atoms with Crippen molar-refractivity contribution in [2.75, 3.05) is 7.11 Å². The van der Waals surface area contributed by atoms with E-state index in [2.05, 4.69) is 11.1 Å². The first kappa shape index (κ1) is 15.2. The summed E-state index contributed by atoms with van der Waals surface area (Å²) in [5, 5.41) is 9.75. The van der Waals surface area contributed by atoms with E-state index in [1.165, 1.54) is 0 Å².